The Labute approximate surface area is 91.7 Å². The lowest BCUT2D eigenvalue weighted by molar-refractivity contribution is 0.688. The number of hydrogen-bond acceptors (Lipinski definition) is 2. The molecule has 0 amide bonds. The minimum Gasteiger partial charge on any atom is -0.329 e. The van der Waals surface area contributed by atoms with Gasteiger partial charge in [-0.2, -0.15) is 0 Å². The molecule has 0 spiro atoms. The van der Waals surface area contributed by atoms with Crippen LogP contribution in [0.25, 0.3) is 11.0 Å². The van der Waals surface area contributed by atoms with Crippen molar-refractivity contribution >= 4 is 34.9 Å². The number of fused-ring (bicyclic) bond motifs is 1. The van der Waals surface area contributed by atoms with Gasteiger partial charge in [-0.15, -0.1) is 0 Å². The van der Waals surface area contributed by atoms with Crippen molar-refractivity contribution in [3.8, 4) is 0 Å². The highest BCUT2D eigenvalue weighted by Crippen LogP contribution is 2.21. The number of nitrogens with one attached hydrogen (secondary N) is 1. The molecular formula is C9H10ClN3S. The average Bonchev–Trinajstić information content (AvgIpc) is 2.45. The summed E-state index contributed by atoms with van der Waals surface area (Å²) in [5, 5.41) is 0.642. The Kier molecular flexibility index (Phi) is 2.56. The van der Waals surface area contributed by atoms with Crippen molar-refractivity contribution in [2.45, 2.75) is 19.9 Å². The number of aromatic nitrogens is 3. The van der Waals surface area contributed by atoms with E-state index >= 15 is 0 Å². The normalized spacial score (nSPS) is 11.0. The van der Waals surface area contributed by atoms with Gasteiger partial charge < -0.3 is 9.55 Å². The van der Waals surface area contributed by atoms with E-state index in [2.05, 4.69) is 16.9 Å². The smallest absolute Gasteiger partial charge is 0.178 e. The van der Waals surface area contributed by atoms with Gasteiger partial charge in [-0.1, -0.05) is 18.5 Å². The van der Waals surface area contributed by atoms with E-state index in [9.17, 15) is 0 Å². The van der Waals surface area contributed by atoms with E-state index in [4.69, 9.17) is 23.8 Å². The van der Waals surface area contributed by atoms with Crippen molar-refractivity contribution in [3.05, 3.63) is 22.2 Å². The monoisotopic (exact) mass is 227 g/mol. The Balaban J connectivity index is 2.79. The molecule has 5 heteroatoms. The molecule has 0 radical (unpaired) electrons. The van der Waals surface area contributed by atoms with E-state index in [0.717, 1.165) is 24.0 Å². The van der Waals surface area contributed by atoms with Gasteiger partial charge in [0, 0.05) is 12.7 Å². The summed E-state index contributed by atoms with van der Waals surface area (Å²) in [6, 6.07) is 0. The molecule has 3 nitrogen and oxygen atoms in total. The van der Waals surface area contributed by atoms with Gasteiger partial charge in [0.1, 0.15) is 0 Å². The number of nitrogens with zero attached hydrogens (tertiary/aromatic N) is 2. The predicted octanol–water partition coefficient (Wildman–Crippen LogP) is 3.16. The zero-order valence-electron chi connectivity index (χ0n) is 7.75. The van der Waals surface area contributed by atoms with Crippen molar-refractivity contribution in [3.63, 3.8) is 0 Å². The summed E-state index contributed by atoms with van der Waals surface area (Å²) in [6.45, 7) is 2.98. The molecule has 14 heavy (non-hydrogen) atoms. The van der Waals surface area contributed by atoms with Crippen LogP contribution in [0.15, 0.2) is 12.4 Å². The summed E-state index contributed by atoms with van der Waals surface area (Å²) in [7, 11) is 0. The van der Waals surface area contributed by atoms with E-state index in [1.165, 1.54) is 0 Å². The topological polar surface area (TPSA) is 33.6 Å². The Bertz CT molecular complexity index is 514. The molecule has 0 aromatic carbocycles. The van der Waals surface area contributed by atoms with E-state index in [-0.39, 0.29) is 0 Å². The molecule has 0 saturated heterocycles. The first-order chi connectivity index (χ1) is 6.74. The first kappa shape index (κ1) is 9.68. The zero-order chi connectivity index (χ0) is 10.1. The molecule has 2 rings (SSSR count). The lowest BCUT2D eigenvalue weighted by Gasteiger charge is -2.02. The number of aromatic amines is 1. The van der Waals surface area contributed by atoms with Crippen molar-refractivity contribution in [2.24, 2.45) is 0 Å². The van der Waals surface area contributed by atoms with Gasteiger partial charge in [-0.05, 0) is 18.6 Å². The highest BCUT2D eigenvalue weighted by atomic mass is 35.5. The summed E-state index contributed by atoms with van der Waals surface area (Å²) in [5.74, 6) is 0. The van der Waals surface area contributed by atoms with Crippen LogP contribution >= 0.6 is 23.8 Å². The van der Waals surface area contributed by atoms with E-state index in [1.54, 1.807) is 12.4 Å². The third-order valence-electron chi connectivity index (χ3n) is 2.08. The van der Waals surface area contributed by atoms with Crippen LogP contribution in [-0.2, 0) is 6.54 Å². The number of pyridine rings is 1. The van der Waals surface area contributed by atoms with Crippen LogP contribution in [-0.4, -0.2) is 14.5 Å². The Hall–Kier alpha value is -0.870. The second kappa shape index (κ2) is 3.71. The molecule has 0 unspecified atom stereocenters. The molecule has 0 saturated carbocycles. The largest absolute Gasteiger partial charge is 0.329 e. The number of rotatable bonds is 2. The van der Waals surface area contributed by atoms with Crippen molar-refractivity contribution in [1.82, 2.24) is 14.5 Å². The molecule has 0 aliphatic rings. The lowest BCUT2D eigenvalue weighted by Crippen LogP contribution is -1.96. The average molecular weight is 228 g/mol. The van der Waals surface area contributed by atoms with Gasteiger partial charge in [0.15, 0.2) is 4.77 Å². The maximum absolute atomic E-state index is 6.06. The molecule has 0 fully saturated rings. The molecule has 2 aromatic rings. The van der Waals surface area contributed by atoms with Gasteiger partial charge in [-0.25, -0.2) is 0 Å². The SMILES string of the molecule is CCCn1c(=S)[nH]c2cncc(Cl)c21. The highest BCUT2D eigenvalue weighted by molar-refractivity contribution is 7.71. The van der Waals surface area contributed by atoms with Gasteiger partial charge in [0.25, 0.3) is 0 Å². The van der Waals surface area contributed by atoms with Crippen molar-refractivity contribution < 1.29 is 0 Å². The first-order valence-electron chi connectivity index (χ1n) is 4.46. The molecule has 0 atom stereocenters. The van der Waals surface area contributed by atoms with E-state index < -0.39 is 0 Å². The van der Waals surface area contributed by atoms with Crippen molar-refractivity contribution in [2.75, 3.05) is 0 Å². The number of imidazole rings is 1. The van der Waals surface area contributed by atoms with Crippen LogP contribution < -0.4 is 0 Å². The summed E-state index contributed by atoms with van der Waals surface area (Å²) in [5.41, 5.74) is 1.85. The van der Waals surface area contributed by atoms with E-state index in [0.29, 0.717) is 9.79 Å². The molecular weight excluding hydrogens is 218 g/mol. The molecule has 2 heterocycles. The third kappa shape index (κ3) is 1.44. The summed E-state index contributed by atoms with van der Waals surface area (Å²) in [4.78, 5) is 7.09. The standard InChI is InChI=1S/C9H10ClN3S/c1-2-3-13-8-6(10)4-11-5-7(8)12-9(13)14/h4-5H,2-3H2,1H3,(H,12,14). The number of H-pyrrole nitrogens is 1. The fourth-order valence-electron chi connectivity index (χ4n) is 1.52. The third-order valence-corrected chi connectivity index (χ3v) is 2.68. The van der Waals surface area contributed by atoms with E-state index in [1.807, 2.05) is 4.57 Å². The minimum atomic E-state index is 0.642. The van der Waals surface area contributed by atoms with Gasteiger partial charge in [-0.3, -0.25) is 4.98 Å². The summed E-state index contributed by atoms with van der Waals surface area (Å²) in [6.07, 6.45) is 4.40. The van der Waals surface area contributed by atoms with Crippen LogP contribution in [0, 0.1) is 4.77 Å². The van der Waals surface area contributed by atoms with Crippen molar-refractivity contribution in [1.29, 1.82) is 0 Å². The molecule has 2 aromatic heterocycles. The number of aryl methyl sites for hydroxylation is 1. The van der Waals surface area contributed by atoms with Gasteiger partial charge in [0.2, 0.25) is 0 Å². The minimum absolute atomic E-state index is 0.642. The maximum atomic E-state index is 6.06. The summed E-state index contributed by atoms with van der Waals surface area (Å²) < 4.78 is 2.71. The number of halogens is 1. The van der Waals surface area contributed by atoms with Crippen LogP contribution in [0.1, 0.15) is 13.3 Å². The maximum Gasteiger partial charge on any atom is 0.178 e. The molecule has 0 bridgehead atoms. The zero-order valence-corrected chi connectivity index (χ0v) is 9.32. The molecule has 74 valence electrons. The fourth-order valence-corrected chi connectivity index (χ4v) is 2.07. The quantitative estimate of drug-likeness (QED) is 0.800. The highest BCUT2D eigenvalue weighted by Gasteiger charge is 2.07. The van der Waals surface area contributed by atoms with Crippen LogP contribution in [0.4, 0.5) is 0 Å². The Morgan fingerprint density at radius 3 is 3.07 bits per heavy atom. The second-order valence-electron chi connectivity index (χ2n) is 3.10. The number of hydrogen-bond donors (Lipinski definition) is 1. The van der Waals surface area contributed by atoms with Gasteiger partial charge in [0.05, 0.1) is 22.3 Å². The Morgan fingerprint density at radius 2 is 2.36 bits per heavy atom. The molecule has 0 aliphatic heterocycles. The predicted molar refractivity (Wildman–Crippen MR) is 60.2 cm³/mol. The molecule has 0 aliphatic carbocycles. The second-order valence-corrected chi connectivity index (χ2v) is 3.89. The first-order valence-corrected chi connectivity index (χ1v) is 5.24. The van der Waals surface area contributed by atoms with Crippen LogP contribution in [0.2, 0.25) is 5.02 Å². The summed E-state index contributed by atoms with van der Waals surface area (Å²) >= 11 is 11.3. The fraction of sp³-hybridized carbons (Fsp3) is 0.333. The Morgan fingerprint density at radius 1 is 1.57 bits per heavy atom. The van der Waals surface area contributed by atoms with Crippen LogP contribution in [0.3, 0.4) is 0 Å². The molecule has 1 N–H and O–H groups in total. The lowest BCUT2D eigenvalue weighted by atomic mass is 10.4. The van der Waals surface area contributed by atoms with Crippen LogP contribution in [0.5, 0.6) is 0 Å². The van der Waals surface area contributed by atoms with Gasteiger partial charge >= 0.3 is 0 Å².